The fraction of sp³-hybridized carbons (Fsp3) is 0.182. The Balaban J connectivity index is 2.15. The van der Waals surface area contributed by atoms with Crippen LogP contribution in [0.1, 0.15) is 0 Å². The first-order valence-corrected chi connectivity index (χ1v) is 5.85. The summed E-state index contributed by atoms with van der Waals surface area (Å²) in [4.78, 5) is 4.23. The minimum Gasteiger partial charge on any atom is -0.496 e. The first-order valence-electron chi connectivity index (χ1n) is 4.97. The summed E-state index contributed by atoms with van der Waals surface area (Å²) < 4.78 is 15.9. The number of hydrogen-bond acceptors (Lipinski definition) is 6. The second kappa shape index (κ2) is 3.81. The monoisotopic (exact) mass is 250 g/mol. The van der Waals surface area contributed by atoms with Gasteiger partial charge in [0, 0.05) is 17.0 Å². The second-order valence-electron chi connectivity index (χ2n) is 3.48. The molecule has 0 aliphatic carbocycles. The van der Waals surface area contributed by atoms with Crippen molar-refractivity contribution in [2.24, 2.45) is 0 Å². The molecule has 5 nitrogen and oxygen atoms in total. The molecule has 0 unspecified atom stereocenters. The highest BCUT2D eigenvalue weighted by atomic mass is 32.1. The summed E-state index contributed by atoms with van der Waals surface area (Å²) in [6.07, 6.45) is 0. The molecule has 2 N–H and O–H groups in total. The van der Waals surface area contributed by atoms with Gasteiger partial charge in [-0.25, -0.2) is 4.98 Å². The number of rotatable bonds is 2. The summed E-state index contributed by atoms with van der Waals surface area (Å²) in [5.74, 6) is 2.08. The van der Waals surface area contributed by atoms with E-state index >= 15 is 0 Å². The maximum Gasteiger partial charge on any atom is 0.231 e. The SMILES string of the molecule is COc1cc2c(cc1-c1csc(N)n1)OCO2. The minimum atomic E-state index is 0.237. The normalized spacial score (nSPS) is 12.8. The summed E-state index contributed by atoms with van der Waals surface area (Å²) in [6, 6.07) is 3.66. The Hall–Kier alpha value is -1.95. The maximum atomic E-state index is 5.63. The van der Waals surface area contributed by atoms with Crippen molar-refractivity contribution in [3.8, 4) is 28.5 Å². The lowest BCUT2D eigenvalue weighted by atomic mass is 10.1. The van der Waals surface area contributed by atoms with E-state index in [0.717, 1.165) is 11.3 Å². The van der Waals surface area contributed by atoms with Crippen LogP contribution in [-0.2, 0) is 0 Å². The summed E-state index contributed by atoms with van der Waals surface area (Å²) in [7, 11) is 1.61. The van der Waals surface area contributed by atoms with Crippen LogP contribution < -0.4 is 19.9 Å². The van der Waals surface area contributed by atoms with Crippen LogP contribution in [0.2, 0.25) is 0 Å². The minimum absolute atomic E-state index is 0.237. The molecule has 2 aromatic rings. The summed E-state index contributed by atoms with van der Waals surface area (Å²) in [6.45, 7) is 0.237. The molecule has 2 heterocycles. The predicted octanol–water partition coefficient (Wildman–Crippen LogP) is 2.13. The number of benzene rings is 1. The van der Waals surface area contributed by atoms with Crippen molar-refractivity contribution in [3.05, 3.63) is 17.5 Å². The van der Waals surface area contributed by atoms with Crippen molar-refractivity contribution in [3.63, 3.8) is 0 Å². The number of nitrogens with two attached hydrogens (primary N) is 1. The molecule has 1 aliphatic heterocycles. The van der Waals surface area contributed by atoms with E-state index in [1.54, 1.807) is 13.2 Å². The van der Waals surface area contributed by atoms with Crippen molar-refractivity contribution in [2.75, 3.05) is 19.6 Å². The van der Waals surface area contributed by atoms with Gasteiger partial charge >= 0.3 is 0 Å². The summed E-state index contributed by atoms with van der Waals surface area (Å²) in [5, 5.41) is 2.41. The number of methoxy groups -OCH3 is 1. The Morgan fingerprint density at radius 2 is 2.12 bits per heavy atom. The van der Waals surface area contributed by atoms with Gasteiger partial charge in [-0.3, -0.25) is 0 Å². The van der Waals surface area contributed by atoms with E-state index in [1.165, 1.54) is 11.3 Å². The molecular formula is C11H10N2O3S. The quantitative estimate of drug-likeness (QED) is 0.884. The van der Waals surface area contributed by atoms with Gasteiger partial charge in [0.1, 0.15) is 5.75 Å². The average Bonchev–Trinajstić information content (AvgIpc) is 2.94. The molecule has 0 radical (unpaired) electrons. The Morgan fingerprint density at radius 1 is 1.35 bits per heavy atom. The molecule has 0 fully saturated rings. The number of nitrogen functional groups attached to an aromatic ring is 1. The number of thiazole rings is 1. The molecule has 0 saturated carbocycles. The highest BCUT2D eigenvalue weighted by Crippen LogP contribution is 2.42. The van der Waals surface area contributed by atoms with Gasteiger partial charge in [-0.2, -0.15) is 0 Å². The topological polar surface area (TPSA) is 66.6 Å². The maximum absolute atomic E-state index is 5.63. The lowest BCUT2D eigenvalue weighted by molar-refractivity contribution is 0.174. The van der Waals surface area contributed by atoms with Gasteiger partial charge in [0.15, 0.2) is 16.6 Å². The Bertz CT molecular complexity index is 568. The number of nitrogens with zero attached hydrogens (tertiary/aromatic N) is 1. The molecule has 0 amide bonds. The molecule has 88 valence electrons. The fourth-order valence-corrected chi connectivity index (χ4v) is 2.27. The first kappa shape index (κ1) is 10.2. The van der Waals surface area contributed by atoms with Crippen LogP contribution in [0.4, 0.5) is 5.13 Å². The smallest absolute Gasteiger partial charge is 0.231 e. The Kier molecular flexibility index (Phi) is 2.29. The van der Waals surface area contributed by atoms with Crippen LogP contribution in [0, 0.1) is 0 Å². The summed E-state index contributed by atoms with van der Waals surface area (Å²) >= 11 is 1.39. The zero-order valence-corrected chi connectivity index (χ0v) is 9.91. The van der Waals surface area contributed by atoms with Crippen LogP contribution >= 0.6 is 11.3 Å². The van der Waals surface area contributed by atoms with Gasteiger partial charge in [-0.05, 0) is 6.07 Å². The molecule has 0 saturated heterocycles. The number of fused-ring (bicyclic) bond motifs is 1. The number of ether oxygens (including phenoxy) is 3. The third-order valence-corrected chi connectivity index (χ3v) is 3.17. The average molecular weight is 250 g/mol. The highest BCUT2D eigenvalue weighted by molar-refractivity contribution is 7.13. The third-order valence-electron chi connectivity index (χ3n) is 2.49. The Morgan fingerprint density at radius 3 is 2.76 bits per heavy atom. The predicted molar refractivity (Wildman–Crippen MR) is 64.6 cm³/mol. The largest absolute Gasteiger partial charge is 0.496 e. The van der Waals surface area contributed by atoms with E-state index in [-0.39, 0.29) is 6.79 Å². The van der Waals surface area contributed by atoms with Crippen LogP contribution in [0.15, 0.2) is 17.5 Å². The molecular weight excluding hydrogens is 240 g/mol. The number of hydrogen-bond donors (Lipinski definition) is 1. The van der Waals surface area contributed by atoms with Crippen LogP contribution in [0.25, 0.3) is 11.3 Å². The Labute approximate surface area is 102 Å². The molecule has 1 aromatic heterocycles. The van der Waals surface area contributed by atoms with Gasteiger partial charge in [0.05, 0.1) is 12.8 Å². The van der Waals surface area contributed by atoms with Gasteiger partial charge in [-0.15, -0.1) is 11.3 Å². The van der Waals surface area contributed by atoms with Crippen LogP contribution in [-0.4, -0.2) is 18.9 Å². The zero-order chi connectivity index (χ0) is 11.8. The fourth-order valence-electron chi connectivity index (χ4n) is 1.70. The number of aromatic nitrogens is 1. The van der Waals surface area contributed by atoms with Crippen molar-refractivity contribution in [1.82, 2.24) is 4.98 Å². The van der Waals surface area contributed by atoms with Crippen molar-refractivity contribution in [2.45, 2.75) is 0 Å². The lowest BCUT2D eigenvalue weighted by Crippen LogP contribution is -1.92. The number of anilines is 1. The van der Waals surface area contributed by atoms with E-state index in [1.807, 2.05) is 11.4 Å². The molecule has 3 rings (SSSR count). The van der Waals surface area contributed by atoms with Gasteiger partial charge in [0.2, 0.25) is 6.79 Å². The molecule has 0 atom stereocenters. The standard InChI is InChI=1S/C11H10N2O3S/c1-14-8-3-10-9(15-5-16-10)2-6(8)7-4-17-11(12)13-7/h2-4H,5H2,1H3,(H2,12,13). The van der Waals surface area contributed by atoms with E-state index in [4.69, 9.17) is 19.9 Å². The van der Waals surface area contributed by atoms with Crippen molar-refractivity contribution >= 4 is 16.5 Å². The van der Waals surface area contributed by atoms with E-state index in [0.29, 0.717) is 22.4 Å². The van der Waals surface area contributed by atoms with Crippen LogP contribution in [0.5, 0.6) is 17.2 Å². The highest BCUT2D eigenvalue weighted by Gasteiger charge is 2.19. The van der Waals surface area contributed by atoms with E-state index in [9.17, 15) is 0 Å². The van der Waals surface area contributed by atoms with E-state index < -0.39 is 0 Å². The molecule has 17 heavy (non-hydrogen) atoms. The van der Waals surface area contributed by atoms with Crippen molar-refractivity contribution < 1.29 is 14.2 Å². The third kappa shape index (κ3) is 1.66. The zero-order valence-electron chi connectivity index (χ0n) is 9.10. The van der Waals surface area contributed by atoms with Gasteiger partial charge < -0.3 is 19.9 Å². The molecule has 0 bridgehead atoms. The van der Waals surface area contributed by atoms with Gasteiger partial charge in [0.25, 0.3) is 0 Å². The molecule has 0 spiro atoms. The van der Waals surface area contributed by atoms with Gasteiger partial charge in [-0.1, -0.05) is 0 Å². The summed E-state index contributed by atoms with van der Waals surface area (Å²) in [5.41, 5.74) is 7.26. The van der Waals surface area contributed by atoms with Crippen molar-refractivity contribution in [1.29, 1.82) is 0 Å². The molecule has 6 heteroatoms. The molecule has 1 aromatic carbocycles. The second-order valence-corrected chi connectivity index (χ2v) is 4.37. The molecule has 1 aliphatic rings. The lowest BCUT2D eigenvalue weighted by Gasteiger charge is -2.07. The first-order chi connectivity index (χ1) is 8.28. The van der Waals surface area contributed by atoms with E-state index in [2.05, 4.69) is 4.98 Å². The van der Waals surface area contributed by atoms with Crippen LogP contribution in [0.3, 0.4) is 0 Å².